The number of hydrogen-bond acceptors (Lipinski definition) is 6. The summed E-state index contributed by atoms with van der Waals surface area (Å²) in [5.41, 5.74) is 5.53. The fourth-order valence-corrected chi connectivity index (χ4v) is 2.92. The molecule has 0 saturated heterocycles. The maximum absolute atomic E-state index is 12.4. The molecular weight excluding hydrogens is 422 g/mol. The van der Waals surface area contributed by atoms with Crippen LogP contribution in [0.2, 0.25) is 0 Å². The van der Waals surface area contributed by atoms with Crippen molar-refractivity contribution in [3.63, 3.8) is 0 Å². The number of benzene rings is 3. The summed E-state index contributed by atoms with van der Waals surface area (Å²) in [6.45, 7) is 3.78. The number of anilines is 1. The van der Waals surface area contributed by atoms with Gasteiger partial charge in [0.2, 0.25) is 0 Å². The average Bonchev–Trinajstić information content (AvgIpc) is 2.81. The molecule has 2 N–H and O–H groups in total. The van der Waals surface area contributed by atoms with Crippen molar-refractivity contribution in [1.29, 1.82) is 0 Å². The molecule has 0 aliphatic carbocycles. The number of nitrogens with zero attached hydrogens (tertiary/aromatic N) is 1. The molecule has 2 amide bonds. The number of methoxy groups -OCH3 is 1. The van der Waals surface area contributed by atoms with Crippen LogP contribution in [-0.2, 0) is 9.59 Å². The summed E-state index contributed by atoms with van der Waals surface area (Å²) in [5.74, 6) is -1.44. The topological polar surface area (TPSA) is 106 Å². The van der Waals surface area contributed by atoms with Gasteiger partial charge in [-0.05, 0) is 61.4 Å². The first kappa shape index (κ1) is 23.2. The molecule has 0 aromatic heterocycles. The van der Waals surface area contributed by atoms with Crippen molar-refractivity contribution >= 4 is 29.7 Å². The summed E-state index contributed by atoms with van der Waals surface area (Å²) in [4.78, 5) is 36.5. The van der Waals surface area contributed by atoms with E-state index >= 15 is 0 Å². The van der Waals surface area contributed by atoms with Crippen molar-refractivity contribution in [3.8, 4) is 11.5 Å². The second-order valence-electron chi connectivity index (χ2n) is 7.17. The van der Waals surface area contributed by atoms with Gasteiger partial charge < -0.3 is 14.8 Å². The molecule has 8 heteroatoms. The van der Waals surface area contributed by atoms with Gasteiger partial charge in [0.15, 0.2) is 0 Å². The number of amides is 2. The van der Waals surface area contributed by atoms with Crippen LogP contribution >= 0.6 is 0 Å². The summed E-state index contributed by atoms with van der Waals surface area (Å²) >= 11 is 0. The van der Waals surface area contributed by atoms with Gasteiger partial charge in [-0.3, -0.25) is 9.59 Å². The Kier molecular flexibility index (Phi) is 7.54. The fourth-order valence-electron chi connectivity index (χ4n) is 2.92. The van der Waals surface area contributed by atoms with Gasteiger partial charge in [-0.1, -0.05) is 35.9 Å². The lowest BCUT2D eigenvalue weighted by Crippen LogP contribution is -2.32. The Morgan fingerprint density at radius 1 is 0.879 bits per heavy atom. The quantitative estimate of drug-likeness (QED) is 0.198. The molecule has 0 aliphatic rings. The predicted molar refractivity (Wildman–Crippen MR) is 125 cm³/mol. The number of hydrogen-bond donors (Lipinski definition) is 2. The van der Waals surface area contributed by atoms with Crippen LogP contribution in [0.15, 0.2) is 71.8 Å². The van der Waals surface area contributed by atoms with Gasteiger partial charge in [-0.15, -0.1) is 0 Å². The minimum Gasteiger partial charge on any atom is -0.497 e. The van der Waals surface area contributed by atoms with E-state index in [-0.39, 0.29) is 0 Å². The zero-order valence-electron chi connectivity index (χ0n) is 18.4. The van der Waals surface area contributed by atoms with Gasteiger partial charge in [0.1, 0.15) is 11.5 Å². The monoisotopic (exact) mass is 445 g/mol. The Labute approximate surface area is 191 Å². The second kappa shape index (κ2) is 10.7. The van der Waals surface area contributed by atoms with Crippen molar-refractivity contribution < 1.29 is 23.9 Å². The van der Waals surface area contributed by atoms with E-state index in [4.69, 9.17) is 9.47 Å². The smallest absolute Gasteiger partial charge is 0.343 e. The van der Waals surface area contributed by atoms with Crippen LogP contribution in [-0.4, -0.2) is 31.1 Å². The van der Waals surface area contributed by atoms with Crippen LogP contribution < -0.4 is 20.2 Å². The highest BCUT2D eigenvalue weighted by Gasteiger charge is 2.14. The van der Waals surface area contributed by atoms with Crippen LogP contribution in [0.3, 0.4) is 0 Å². The Balaban J connectivity index is 1.58. The maximum atomic E-state index is 12.4. The molecule has 0 saturated carbocycles. The normalized spacial score (nSPS) is 10.5. The number of ether oxygens (including phenoxy) is 2. The minimum absolute atomic E-state index is 0.297. The van der Waals surface area contributed by atoms with E-state index in [2.05, 4.69) is 15.8 Å². The summed E-state index contributed by atoms with van der Waals surface area (Å²) in [6.07, 6.45) is 1.34. The van der Waals surface area contributed by atoms with E-state index in [1.54, 1.807) is 54.6 Å². The fraction of sp³-hybridized carbons (Fsp3) is 0.120. The standard InChI is InChI=1S/C25H23N3O5/c1-16-10-11-22(17(2)12-16)27-23(29)24(30)28-26-15-18-6-4-9-21(13-18)33-25(31)19-7-5-8-20(14-19)32-3/h4-15H,1-3H3,(H,27,29)(H,28,30)/b26-15+. The lowest BCUT2D eigenvalue weighted by Gasteiger charge is -2.08. The van der Waals surface area contributed by atoms with E-state index < -0.39 is 17.8 Å². The molecule has 0 spiro atoms. The molecule has 3 aromatic carbocycles. The van der Waals surface area contributed by atoms with Crippen molar-refractivity contribution in [2.45, 2.75) is 13.8 Å². The molecule has 0 fully saturated rings. The summed E-state index contributed by atoms with van der Waals surface area (Å²) in [7, 11) is 1.51. The number of aryl methyl sites for hydroxylation is 2. The molecule has 168 valence electrons. The second-order valence-corrected chi connectivity index (χ2v) is 7.17. The van der Waals surface area contributed by atoms with E-state index in [0.717, 1.165) is 11.1 Å². The molecule has 0 radical (unpaired) electrons. The Bertz CT molecular complexity index is 1220. The number of nitrogens with one attached hydrogen (secondary N) is 2. The third-order valence-corrected chi connectivity index (χ3v) is 4.59. The number of hydrazone groups is 1. The molecule has 33 heavy (non-hydrogen) atoms. The summed E-state index contributed by atoms with van der Waals surface area (Å²) < 4.78 is 10.5. The molecule has 0 heterocycles. The molecule has 3 aromatic rings. The first-order chi connectivity index (χ1) is 15.9. The van der Waals surface area contributed by atoms with E-state index in [9.17, 15) is 14.4 Å². The van der Waals surface area contributed by atoms with Gasteiger partial charge in [-0.25, -0.2) is 10.2 Å². The molecule has 0 bridgehead atoms. The van der Waals surface area contributed by atoms with Crippen LogP contribution in [0.1, 0.15) is 27.0 Å². The minimum atomic E-state index is -0.910. The van der Waals surface area contributed by atoms with Crippen molar-refractivity contribution in [1.82, 2.24) is 5.43 Å². The first-order valence-corrected chi connectivity index (χ1v) is 10.0. The van der Waals surface area contributed by atoms with Crippen molar-refractivity contribution in [3.05, 3.63) is 89.0 Å². The lowest BCUT2D eigenvalue weighted by atomic mass is 10.1. The number of carbonyl (C=O) groups is 3. The molecular formula is C25H23N3O5. The van der Waals surface area contributed by atoms with Crippen LogP contribution in [0.4, 0.5) is 5.69 Å². The Hall–Kier alpha value is -4.46. The number of rotatable bonds is 6. The number of carbonyl (C=O) groups excluding carboxylic acids is 3. The van der Waals surface area contributed by atoms with Crippen molar-refractivity contribution in [2.75, 3.05) is 12.4 Å². The first-order valence-electron chi connectivity index (χ1n) is 10.0. The van der Waals surface area contributed by atoms with Crippen LogP contribution in [0.5, 0.6) is 11.5 Å². The zero-order chi connectivity index (χ0) is 23.8. The lowest BCUT2D eigenvalue weighted by molar-refractivity contribution is -0.136. The number of esters is 1. The SMILES string of the molecule is COc1cccc(C(=O)Oc2cccc(/C=N/NC(=O)C(=O)Nc3ccc(C)cc3C)c2)c1. The maximum Gasteiger partial charge on any atom is 0.343 e. The third-order valence-electron chi connectivity index (χ3n) is 4.59. The van der Waals surface area contributed by atoms with E-state index in [1.165, 1.54) is 13.3 Å². The van der Waals surface area contributed by atoms with Crippen LogP contribution in [0, 0.1) is 13.8 Å². The Morgan fingerprint density at radius 2 is 1.64 bits per heavy atom. The summed E-state index contributed by atoms with van der Waals surface area (Å²) in [6, 6.07) is 18.7. The molecule has 8 nitrogen and oxygen atoms in total. The highest BCUT2D eigenvalue weighted by atomic mass is 16.5. The van der Waals surface area contributed by atoms with Gasteiger partial charge in [0.25, 0.3) is 0 Å². The summed E-state index contributed by atoms with van der Waals surface area (Å²) in [5, 5.41) is 6.35. The van der Waals surface area contributed by atoms with Gasteiger partial charge in [-0.2, -0.15) is 5.10 Å². The van der Waals surface area contributed by atoms with E-state index in [0.29, 0.717) is 28.3 Å². The van der Waals surface area contributed by atoms with Crippen LogP contribution in [0.25, 0.3) is 0 Å². The van der Waals surface area contributed by atoms with Gasteiger partial charge >= 0.3 is 17.8 Å². The predicted octanol–water partition coefficient (Wildman–Crippen LogP) is 3.62. The Morgan fingerprint density at radius 3 is 2.39 bits per heavy atom. The average molecular weight is 445 g/mol. The highest BCUT2D eigenvalue weighted by molar-refractivity contribution is 6.39. The molecule has 3 rings (SSSR count). The third kappa shape index (κ3) is 6.51. The zero-order valence-corrected chi connectivity index (χ0v) is 18.4. The van der Waals surface area contributed by atoms with Gasteiger partial charge in [0.05, 0.1) is 18.9 Å². The van der Waals surface area contributed by atoms with E-state index in [1.807, 2.05) is 26.0 Å². The molecule has 0 aliphatic heterocycles. The molecule has 0 atom stereocenters. The van der Waals surface area contributed by atoms with Gasteiger partial charge in [0, 0.05) is 5.69 Å². The largest absolute Gasteiger partial charge is 0.497 e. The van der Waals surface area contributed by atoms with Crippen molar-refractivity contribution in [2.24, 2.45) is 5.10 Å². The molecule has 0 unspecified atom stereocenters. The highest BCUT2D eigenvalue weighted by Crippen LogP contribution is 2.18.